The first-order valence-corrected chi connectivity index (χ1v) is 9.78. The van der Waals surface area contributed by atoms with E-state index in [9.17, 15) is 9.59 Å². The molecule has 4 aliphatic rings. The Morgan fingerprint density at radius 1 is 1.04 bits per heavy atom. The summed E-state index contributed by atoms with van der Waals surface area (Å²) in [6, 6.07) is 0. The van der Waals surface area contributed by atoms with Crippen LogP contribution in [0.25, 0.3) is 0 Å². The molecule has 0 spiro atoms. The van der Waals surface area contributed by atoms with E-state index in [0.29, 0.717) is 24.8 Å². The predicted molar refractivity (Wildman–Crippen MR) is 93.3 cm³/mol. The Kier molecular flexibility index (Phi) is 5.22. The molecule has 4 fully saturated rings. The van der Waals surface area contributed by atoms with Crippen molar-refractivity contribution in [2.45, 2.75) is 65.2 Å². The first-order valence-electron chi connectivity index (χ1n) is 9.78. The molecule has 4 aliphatic carbocycles. The quantitative estimate of drug-likeness (QED) is 0.667. The van der Waals surface area contributed by atoms with E-state index in [2.05, 4.69) is 13.8 Å². The number of carbonyl (C=O) groups excluding carboxylic acids is 2. The van der Waals surface area contributed by atoms with Gasteiger partial charge in [0, 0.05) is 13.1 Å². The maximum absolute atomic E-state index is 13.5. The van der Waals surface area contributed by atoms with E-state index >= 15 is 0 Å². The van der Waals surface area contributed by atoms with Crippen LogP contribution >= 0.6 is 0 Å². The van der Waals surface area contributed by atoms with Crippen molar-refractivity contribution in [2.75, 3.05) is 20.2 Å². The van der Waals surface area contributed by atoms with Gasteiger partial charge in [-0.05, 0) is 68.6 Å². The summed E-state index contributed by atoms with van der Waals surface area (Å²) in [6.45, 7) is 5.66. The second-order valence-corrected chi connectivity index (χ2v) is 9.00. The van der Waals surface area contributed by atoms with E-state index in [1.807, 2.05) is 4.90 Å². The van der Waals surface area contributed by atoms with E-state index in [1.54, 1.807) is 0 Å². The normalized spacial score (nSPS) is 33.8. The van der Waals surface area contributed by atoms with Gasteiger partial charge in [0.1, 0.15) is 0 Å². The summed E-state index contributed by atoms with van der Waals surface area (Å²) in [6.07, 6.45) is 8.63. The highest BCUT2D eigenvalue weighted by Gasteiger charge is 2.55. The minimum absolute atomic E-state index is 0.109. The van der Waals surface area contributed by atoms with E-state index in [-0.39, 0.29) is 11.4 Å². The molecule has 0 N–H and O–H groups in total. The van der Waals surface area contributed by atoms with E-state index in [0.717, 1.165) is 50.0 Å². The molecule has 4 nitrogen and oxygen atoms in total. The second kappa shape index (κ2) is 7.05. The number of hydrogen-bond donors (Lipinski definition) is 0. The Bertz CT molecular complexity index is 450. The molecule has 0 atom stereocenters. The van der Waals surface area contributed by atoms with Gasteiger partial charge in [-0.25, -0.2) is 0 Å². The summed E-state index contributed by atoms with van der Waals surface area (Å²) in [5.74, 6) is 3.00. The molecule has 4 heteroatoms. The summed E-state index contributed by atoms with van der Waals surface area (Å²) in [5.41, 5.74) is -0.109. The molecule has 24 heavy (non-hydrogen) atoms. The molecule has 0 saturated heterocycles. The van der Waals surface area contributed by atoms with Crippen molar-refractivity contribution in [1.82, 2.24) is 4.90 Å². The highest BCUT2D eigenvalue weighted by molar-refractivity contribution is 5.84. The molecule has 4 saturated carbocycles. The zero-order chi connectivity index (χ0) is 17.3. The van der Waals surface area contributed by atoms with Crippen LogP contribution in [0.15, 0.2) is 0 Å². The van der Waals surface area contributed by atoms with E-state index < -0.39 is 0 Å². The third-order valence-electron chi connectivity index (χ3n) is 6.57. The van der Waals surface area contributed by atoms with Gasteiger partial charge < -0.3 is 9.64 Å². The van der Waals surface area contributed by atoms with Gasteiger partial charge in [0.15, 0.2) is 0 Å². The summed E-state index contributed by atoms with van der Waals surface area (Å²) >= 11 is 0. The number of rotatable bonds is 7. The Morgan fingerprint density at radius 3 is 2.04 bits per heavy atom. The van der Waals surface area contributed by atoms with Crippen molar-refractivity contribution in [3.05, 3.63) is 0 Å². The highest BCUT2D eigenvalue weighted by Crippen LogP contribution is 2.60. The summed E-state index contributed by atoms with van der Waals surface area (Å²) in [5, 5.41) is 0. The molecule has 4 bridgehead atoms. The topological polar surface area (TPSA) is 46.6 Å². The minimum atomic E-state index is -0.220. The van der Waals surface area contributed by atoms with Crippen LogP contribution in [0.3, 0.4) is 0 Å². The SMILES string of the molecule is COC(=O)CCN(CCC(C)C)C(=O)C12CC3CC(CC(C3)C1)C2. The molecule has 0 heterocycles. The number of esters is 1. The number of methoxy groups -OCH3 is 1. The fourth-order valence-electron chi connectivity index (χ4n) is 5.77. The lowest BCUT2D eigenvalue weighted by atomic mass is 9.49. The van der Waals surface area contributed by atoms with Crippen LogP contribution in [0.4, 0.5) is 0 Å². The Balaban J connectivity index is 1.70. The average molecular weight is 335 g/mol. The lowest BCUT2D eigenvalue weighted by Crippen LogP contribution is -2.55. The summed E-state index contributed by atoms with van der Waals surface area (Å²) in [7, 11) is 1.42. The van der Waals surface area contributed by atoms with Gasteiger partial charge in [-0.1, -0.05) is 13.8 Å². The van der Waals surface area contributed by atoms with E-state index in [1.165, 1.54) is 26.4 Å². The zero-order valence-electron chi connectivity index (χ0n) is 15.6. The molecular formula is C20H33NO3. The fourth-order valence-corrected chi connectivity index (χ4v) is 5.77. The van der Waals surface area contributed by atoms with Crippen LogP contribution in [0.2, 0.25) is 0 Å². The van der Waals surface area contributed by atoms with Gasteiger partial charge >= 0.3 is 5.97 Å². The van der Waals surface area contributed by atoms with Crippen LogP contribution in [0.1, 0.15) is 65.2 Å². The Morgan fingerprint density at radius 2 is 1.58 bits per heavy atom. The molecule has 0 aromatic carbocycles. The Hall–Kier alpha value is -1.06. The summed E-state index contributed by atoms with van der Waals surface area (Å²) in [4.78, 5) is 27.0. The van der Waals surface area contributed by atoms with Gasteiger partial charge in [0.2, 0.25) is 5.91 Å². The molecule has 136 valence electrons. The average Bonchev–Trinajstić information content (AvgIpc) is 2.52. The number of amides is 1. The van der Waals surface area contributed by atoms with Crippen LogP contribution in [0, 0.1) is 29.1 Å². The monoisotopic (exact) mass is 335 g/mol. The lowest BCUT2D eigenvalue weighted by molar-refractivity contribution is -0.158. The first kappa shape index (κ1) is 17.8. The van der Waals surface area contributed by atoms with E-state index in [4.69, 9.17) is 4.74 Å². The van der Waals surface area contributed by atoms with Crippen molar-refractivity contribution in [3.8, 4) is 0 Å². The first-order chi connectivity index (χ1) is 11.4. The highest BCUT2D eigenvalue weighted by atomic mass is 16.5. The van der Waals surface area contributed by atoms with Crippen LogP contribution in [0.5, 0.6) is 0 Å². The molecule has 0 aliphatic heterocycles. The minimum Gasteiger partial charge on any atom is -0.469 e. The lowest BCUT2D eigenvalue weighted by Gasteiger charge is -2.56. The number of ether oxygens (including phenoxy) is 1. The number of nitrogens with zero attached hydrogens (tertiary/aromatic N) is 1. The third-order valence-corrected chi connectivity index (χ3v) is 6.57. The molecule has 0 aromatic heterocycles. The van der Waals surface area contributed by atoms with Gasteiger partial charge in [-0.15, -0.1) is 0 Å². The fraction of sp³-hybridized carbons (Fsp3) is 0.900. The standard InChI is InChI=1S/C20H33NO3/c1-14(2)4-6-21(7-5-18(22)24-3)19(23)20-11-15-8-16(12-20)10-17(9-15)13-20/h14-17H,4-13H2,1-3H3. The molecule has 1 amide bonds. The molecule has 0 radical (unpaired) electrons. The number of hydrogen-bond acceptors (Lipinski definition) is 3. The summed E-state index contributed by atoms with van der Waals surface area (Å²) < 4.78 is 4.78. The maximum atomic E-state index is 13.5. The van der Waals surface area contributed by atoms with Crippen molar-refractivity contribution in [1.29, 1.82) is 0 Å². The Labute approximate surface area is 146 Å². The van der Waals surface area contributed by atoms with Gasteiger partial charge in [-0.2, -0.15) is 0 Å². The number of carbonyl (C=O) groups is 2. The van der Waals surface area contributed by atoms with Gasteiger partial charge in [0.05, 0.1) is 18.9 Å². The molecule has 0 aromatic rings. The largest absolute Gasteiger partial charge is 0.469 e. The van der Waals surface area contributed by atoms with Gasteiger partial charge in [-0.3, -0.25) is 9.59 Å². The maximum Gasteiger partial charge on any atom is 0.307 e. The molecule has 0 unspecified atom stereocenters. The van der Waals surface area contributed by atoms with Crippen molar-refractivity contribution < 1.29 is 14.3 Å². The second-order valence-electron chi connectivity index (χ2n) is 9.00. The zero-order valence-corrected chi connectivity index (χ0v) is 15.6. The van der Waals surface area contributed by atoms with Crippen LogP contribution in [-0.4, -0.2) is 37.0 Å². The predicted octanol–water partition coefficient (Wildman–Crippen LogP) is 3.64. The molecule has 4 rings (SSSR count). The van der Waals surface area contributed by atoms with Crippen LogP contribution in [-0.2, 0) is 14.3 Å². The smallest absolute Gasteiger partial charge is 0.307 e. The van der Waals surface area contributed by atoms with Crippen LogP contribution < -0.4 is 0 Å². The third kappa shape index (κ3) is 3.62. The van der Waals surface area contributed by atoms with Crippen molar-refractivity contribution >= 4 is 11.9 Å². The van der Waals surface area contributed by atoms with Crippen molar-refractivity contribution in [3.63, 3.8) is 0 Å². The molecular weight excluding hydrogens is 302 g/mol. The van der Waals surface area contributed by atoms with Gasteiger partial charge in [0.25, 0.3) is 0 Å². The van der Waals surface area contributed by atoms with Crippen molar-refractivity contribution in [2.24, 2.45) is 29.1 Å².